The van der Waals surface area contributed by atoms with E-state index in [0.29, 0.717) is 26.5 Å². The van der Waals surface area contributed by atoms with Crippen molar-refractivity contribution >= 4 is 112 Å². The van der Waals surface area contributed by atoms with Gasteiger partial charge in [-0.05, 0) is 117 Å². The minimum absolute atomic E-state index is 0.0293. The maximum Gasteiger partial charge on any atom is 0.234 e. The van der Waals surface area contributed by atoms with Gasteiger partial charge in [-0.15, -0.1) is 22.7 Å². The van der Waals surface area contributed by atoms with Crippen LogP contribution < -0.4 is 15.9 Å². The third-order valence-electron chi connectivity index (χ3n) is 20.1. The van der Waals surface area contributed by atoms with Crippen molar-refractivity contribution in [2.45, 2.75) is 144 Å². The van der Waals surface area contributed by atoms with E-state index in [9.17, 15) is 19.2 Å². The van der Waals surface area contributed by atoms with Crippen LogP contribution in [0, 0.1) is 23.7 Å². The molecular weight excluding hydrogens is 1240 g/mol. The molecule has 8 atom stereocenters. The van der Waals surface area contributed by atoms with E-state index >= 15 is 4.79 Å². The number of rotatable bonds is 18. The fourth-order valence-corrected chi connectivity index (χ4v) is 22.9. The van der Waals surface area contributed by atoms with Gasteiger partial charge >= 0.3 is 0 Å². The number of imidazole rings is 2. The fraction of sp³-hybridized carbons (Fsp3) is 0.361. The fourth-order valence-electron chi connectivity index (χ4n) is 13.2. The van der Waals surface area contributed by atoms with E-state index in [1.54, 1.807) is 77.4 Å². The third kappa shape index (κ3) is 11.5. The van der Waals surface area contributed by atoms with E-state index in [-0.39, 0.29) is 68.9 Å². The second-order valence-corrected chi connectivity index (χ2v) is 42.8. The van der Waals surface area contributed by atoms with Crippen LogP contribution in [0.1, 0.15) is 130 Å². The number of hydrogen-bond donors (Lipinski definition) is 0. The molecule has 2 amide bonds. The number of nitrogens with zero attached hydrogens (tertiary/aromatic N) is 8. The van der Waals surface area contributed by atoms with Gasteiger partial charge in [-0.25, -0.2) is 9.97 Å². The highest BCUT2D eigenvalue weighted by Gasteiger charge is 2.60. The maximum atomic E-state index is 15.0. The van der Waals surface area contributed by atoms with Crippen LogP contribution in [0.5, 0.6) is 0 Å². The van der Waals surface area contributed by atoms with Gasteiger partial charge < -0.3 is 18.7 Å². The number of β-lactam (4-membered cyclic amide) rings is 2. The van der Waals surface area contributed by atoms with Crippen LogP contribution in [0.4, 0.5) is 0 Å². The first-order valence-corrected chi connectivity index (χ1v) is 40.7. The number of thiazole rings is 2. The molecule has 6 aromatic heterocycles. The predicted molar refractivity (Wildman–Crippen MR) is 376 cm³/mol. The Morgan fingerprint density at radius 3 is 1.50 bits per heavy atom. The minimum atomic E-state index is -2.64. The van der Waals surface area contributed by atoms with Crippen molar-refractivity contribution in [3.63, 3.8) is 0 Å². The largest absolute Gasteiger partial charge is 0.413 e. The number of aromatic nitrogens is 6. The molecule has 92 heavy (non-hydrogen) atoms. The van der Waals surface area contributed by atoms with E-state index in [1.807, 2.05) is 59.4 Å². The molecule has 3 aliphatic rings. The highest BCUT2D eigenvalue weighted by atomic mass is 32.1. The number of ketones is 3. The summed E-state index contributed by atoms with van der Waals surface area (Å²) >= 11 is 2.81. The van der Waals surface area contributed by atoms with Gasteiger partial charge in [0.1, 0.15) is 33.7 Å². The van der Waals surface area contributed by atoms with E-state index in [0.717, 1.165) is 36.7 Å². The quantitative estimate of drug-likeness (QED) is 0.0347. The van der Waals surface area contributed by atoms with E-state index in [4.69, 9.17) is 8.85 Å². The average molecular weight is 1320 g/mol. The second-order valence-electron chi connectivity index (χ2n) is 27.7. The van der Waals surface area contributed by atoms with Crippen LogP contribution in [0.2, 0.25) is 36.3 Å². The maximum absolute atomic E-state index is 15.0. The Morgan fingerprint density at radius 1 is 0.609 bits per heavy atom. The lowest BCUT2D eigenvalue weighted by Crippen LogP contribution is -2.70. The van der Waals surface area contributed by atoms with Crippen molar-refractivity contribution in [3.05, 3.63) is 203 Å². The Labute approximate surface area is 550 Å². The number of carbonyl (C=O) groups excluding carboxylic acids is 5. The van der Waals surface area contributed by atoms with Gasteiger partial charge in [-0.3, -0.25) is 42.7 Å². The SMILES string of the molecule is CC(N1C(=O)[C@H]([C@@H](C)O[Si](C)(C)C(C)(C)C)[C@H]1[C@@H](C)C(=O)c1cn2cnc(C(=O)c3cccnc3)c2s1)=P(c1ccccc1)(c1ccccc1)c1ccccc1.CC1=C(c2cn3cnc(C(=O)c4cccnc4)c3s2)[C@H](C)[C@@H]2[C@@H]([C@@H](C)O[Si](C)(C)C(C)(C)C)C(=O)N12. The molecule has 12 rings (SSSR count). The lowest BCUT2D eigenvalue weighted by Gasteiger charge is -2.55. The third-order valence-corrected chi connectivity index (χ3v) is 35.9. The summed E-state index contributed by atoms with van der Waals surface area (Å²) in [5.41, 5.74) is 4.76. The molecule has 2 fully saturated rings. The standard InChI is InChI=1S/C45H49N4O4PSSi.C27H34N4O3SSi/c1-30(41(50)37-28-48-29-47-39(44(48)55-37)42(51)33-19-18-26-46-27-33)40-38(31(2)53-56(7,8)45(4,5)6)43(52)49(40)32(3)54(34-20-12-9-13-21-34,35-22-14-10-15-23-35)36-24-16-11-17-25-36;1-15-20(16(2)31-23(15)21(25(31)33)17(3)34-36(7,8)27(4,5)6)19-13-30-14-29-22(26(30)35-19)24(32)18-10-9-11-28-12-18/h9-31,38,40H,1-8H3;9-15,17,21,23H,1-8H3/t30-,31-,38-,40-;15-,17+,21+,23+/m10/s1. The molecule has 0 spiro atoms. The Hall–Kier alpha value is -7.36. The molecule has 0 saturated carbocycles. The molecule has 9 heterocycles. The molecule has 0 unspecified atom stereocenters. The topological polar surface area (TPSA) is 171 Å². The van der Waals surface area contributed by atoms with E-state index in [2.05, 4.69) is 181 Å². The summed E-state index contributed by atoms with van der Waals surface area (Å²) in [4.78, 5) is 93.6. The zero-order valence-electron chi connectivity index (χ0n) is 55.4. The number of pyridine rings is 2. The summed E-state index contributed by atoms with van der Waals surface area (Å²) in [6.07, 6.45) is 12.9. The van der Waals surface area contributed by atoms with Gasteiger partial charge in [0, 0.05) is 71.3 Å². The molecule has 0 radical (unpaired) electrons. The minimum Gasteiger partial charge on any atom is -0.413 e. The van der Waals surface area contributed by atoms with Crippen LogP contribution in [-0.2, 0) is 18.4 Å². The number of hydrogen-bond acceptors (Lipinski definition) is 13. The molecule has 9 aromatic rings. The molecule has 0 N–H and O–H groups in total. The Bertz CT molecular complexity index is 4260. The number of fused-ring (bicyclic) bond motifs is 3. The van der Waals surface area contributed by atoms with Crippen LogP contribution in [-0.4, -0.2) is 114 Å². The van der Waals surface area contributed by atoms with Crippen LogP contribution in [0.15, 0.2) is 171 Å². The first-order valence-electron chi connectivity index (χ1n) is 31.5. The van der Waals surface area contributed by atoms with Crippen molar-refractivity contribution in [1.82, 2.24) is 38.5 Å². The number of likely N-dealkylation sites (tertiary alicyclic amines) is 1. The summed E-state index contributed by atoms with van der Waals surface area (Å²) in [6.45, 7) is 31.9. The molecule has 3 aliphatic heterocycles. The van der Waals surface area contributed by atoms with Gasteiger partial charge in [0.15, 0.2) is 22.4 Å². The van der Waals surface area contributed by atoms with E-state index < -0.39 is 47.5 Å². The summed E-state index contributed by atoms with van der Waals surface area (Å²) in [6, 6.07) is 38.0. The highest BCUT2D eigenvalue weighted by molar-refractivity contribution is 7.95. The summed E-state index contributed by atoms with van der Waals surface area (Å²) < 4.78 is 17.3. The van der Waals surface area contributed by atoms with Gasteiger partial charge in [0.05, 0.1) is 45.9 Å². The molecule has 2 saturated heterocycles. The van der Waals surface area contributed by atoms with Crippen molar-refractivity contribution in [3.8, 4) is 0 Å². The number of benzene rings is 3. The lowest BCUT2D eigenvalue weighted by atomic mass is 9.75. The zero-order valence-corrected chi connectivity index (χ0v) is 59.9. The van der Waals surface area contributed by atoms with Crippen molar-refractivity contribution in [2.24, 2.45) is 23.7 Å². The first-order chi connectivity index (χ1) is 43.5. The number of amides is 2. The number of allylic oxidation sites excluding steroid dienone is 1. The summed E-state index contributed by atoms with van der Waals surface area (Å²) in [5, 5.41) is 3.40. The average Bonchev–Trinajstić information content (AvgIpc) is 1.13. The summed E-state index contributed by atoms with van der Waals surface area (Å²) in [5.74, 6) is -1.48. The van der Waals surface area contributed by atoms with Gasteiger partial charge in [0.25, 0.3) is 0 Å². The lowest BCUT2D eigenvalue weighted by molar-refractivity contribution is -0.159. The molecule has 3 aromatic carbocycles. The summed E-state index contributed by atoms with van der Waals surface area (Å²) in [7, 11) is -4.29. The van der Waals surface area contributed by atoms with Gasteiger partial charge in [0.2, 0.25) is 23.4 Å². The smallest absolute Gasteiger partial charge is 0.234 e. The van der Waals surface area contributed by atoms with Crippen molar-refractivity contribution in [2.75, 3.05) is 0 Å². The zero-order chi connectivity index (χ0) is 66.1. The van der Waals surface area contributed by atoms with E-state index in [1.165, 1.54) is 23.1 Å². The first kappa shape index (κ1) is 66.1. The Balaban J connectivity index is 0.000000207. The monoisotopic (exact) mass is 1320 g/mol. The molecule has 20 heteroatoms. The molecule has 15 nitrogen and oxygen atoms in total. The highest BCUT2D eigenvalue weighted by Crippen LogP contribution is 2.54. The Kier molecular flexibility index (Phi) is 18.1. The van der Waals surface area contributed by atoms with Gasteiger partial charge in [-0.1, -0.05) is 146 Å². The molecule has 0 aliphatic carbocycles. The Morgan fingerprint density at radius 2 is 1.05 bits per heavy atom. The van der Waals surface area contributed by atoms with Crippen molar-refractivity contribution in [1.29, 1.82) is 0 Å². The molecule has 478 valence electrons. The van der Waals surface area contributed by atoms with Crippen LogP contribution in [0.25, 0.3) is 15.2 Å². The number of Topliss-reactive ketones (excluding diaryl/α,β-unsaturated/α-hetero) is 1. The second kappa shape index (κ2) is 25.2. The predicted octanol–water partition coefficient (Wildman–Crippen LogP) is 13.9. The molecule has 0 bridgehead atoms. The normalized spacial score (nSPS) is 19.7. The van der Waals surface area contributed by atoms with Crippen molar-refractivity contribution < 1.29 is 32.8 Å². The molecular formula is C72H83N8O7PS2Si2. The number of carbonyl (C=O) groups is 5. The van der Waals surface area contributed by atoms with Crippen LogP contribution in [0.3, 0.4) is 0 Å². The van der Waals surface area contributed by atoms with Crippen LogP contribution >= 0.6 is 29.6 Å². The van der Waals surface area contributed by atoms with Gasteiger partial charge in [-0.2, -0.15) is 0 Å².